The predicted molar refractivity (Wildman–Crippen MR) is 93.7 cm³/mol. The fraction of sp³-hybridized carbons (Fsp3) is 1.00. The van der Waals surface area contributed by atoms with Crippen LogP contribution in [0.2, 0.25) is 0 Å². The zero-order valence-electron chi connectivity index (χ0n) is 15.9. The van der Waals surface area contributed by atoms with Gasteiger partial charge in [-0.3, -0.25) is 0 Å². The SMILES string of the molecule is C1COC(OC2COCCO2)CO1.CCCCOCCOCCCC. The van der Waals surface area contributed by atoms with E-state index >= 15 is 0 Å². The van der Waals surface area contributed by atoms with Crippen LogP contribution in [0, 0.1) is 0 Å². The van der Waals surface area contributed by atoms with Crippen molar-refractivity contribution in [3.8, 4) is 0 Å². The van der Waals surface area contributed by atoms with Crippen molar-refractivity contribution in [1.82, 2.24) is 0 Å². The molecule has 2 rings (SSSR count). The minimum atomic E-state index is -0.305. The second kappa shape index (κ2) is 17.1. The molecule has 7 heteroatoms. The van der Waals surface area contributed by atoms with E-state index in [1.165, 1.54) is 12.8 Å². The molecule has 2 fully saturated rings. The van der Waals surface area contributed by atoms with E-state index in [0.29, 0.717) is 39.6 Å². The highest BCUT2D eigenvalue weighted by molar-refractivity contribution is 4.54. The van der Waals surface area contributed by atoms with Crippen molar-refractivity contribution in [2.24, 2.45) is 0 Å². The Labute approximate surface area is 152 Å². The van der Waals surface area contributed by atoms with E-state index in [1.807, 2.05) is 0 Å². The van der Waals surface area contributed by atoms with Gasteiger partial charge in [0, 0.05) is 13.2 Å². The molecule has 0 bridgehead atoms. The molecule has 25 heavy (non-hydrogen) atoms. The molecule has 0 saturated carbocycles. The maximum absolute atomic E-state index is 5.44. The largest absolute Gasteiger partial charge is 0.379 e. The highest BCUT2D eigenvalue weighted by Crippen LogP contribution is 2.09. The van der Waals surface area contributed by atoms with Crippen LogP contribution in [0.5, 0.6) is 0 Å². The highest BCUT2D eigenvalue weighted by atomic mass is 16.8. The molecule has 0 spiro atoms. The third kappa shape index (κ3) is 13.6. The number of hydrogen-bond donors (Lipinski definition) is 0. The monoisotopic (exact) mass is 364 g/mol. The van der Waals surface area contributed by atoms with Crippen LogP contribution >= 0.6 is 0 Å². The Morgan fingerprint density at radius 3 is 1.52 bits per heavy atom. The Hall–Kier alpha value is -0.280. The third-order valence-electron chi connectivity index (χ3n) is 3.53. The van der Waals surface area contributed by atoms with Crippen molar-refractivity contribution in [2.75, 3.05) is 66.1 Å². The maximum atomic E-state index is 5.44. The van der Waals surface area contributed by atoms with Gasteiger partial charge in [0.15, 0.2) is 12.6 Å². The lowest BCUT2D eigenvalue weighted by Gasteiger charge is -2.29. The fourth-order valence-corrected chi connectivity index (χ4v) is 2.07. The lowest BCUT2D eigenvalue weighted by Crippen LogP contribution is -2.39. The quantitative estimate of drug-likeness (QED) is 0.522. The van der Waals surface area contributed by atoms with Gasteiger partial charge in [0.2, 0.25) is 0 Å². The van der Waals surface area contributed by atoms with Crippen molar-refractivity contribution < 1.29 is 33.2 Å². The van der Waals surface area contributed by atoms with E-state index in [4.69, 9.17) is 33.2 Å². The summed E-state index contributed by atoms with van der Waals surface area (Å²) in [5.41, 5.74) is 0. The smallest absolute Gasteiger partial charge is 0.184 e. The topological polar surface area (TPSA) is 64.6 Å². The first-order valence-corrected chi connectivity index (χ1v) is 9.56. The third-order valence-corrected chi connectivity index (χ3v) is 3.53. The first kappa shape index (κ1) is 22.8. The zero-order valence-corrected chi connectivity index (χ0v) is 15.9. The molecular formula is C18H36O7. The summed E-state index contributed by atoms with van der Waals surface area (Å²) in [5.74, 6) is 0. The van der Waals surface area contributed by atoms with Gasteiger partial charge in [-0.1, -0.05) is 26.7 Å². The lowest BCUT2D eigenvalue weighted by molar-refractivity contribution is -0.303. The van der Waals surface area contributed by atoms with Gasteiger partial charge in [0.25, 0.3) is 0 Å². The summed E-state index contributed by atoms with van der Waals surface area (Å²) in [7, 11) is 0. The Kier molecular flexibility index (Phi) is 15.6. The van der Waals surface area contributed by atoms with Gasteiger partial charge < -0.3 is 33.2 Å². The molecule has 2 heterocycles. The van der Waals surface area contributed by atoms with E-state index in [0.717, 1.165) is 39.3 Å². The zero-order chi connectivity index (χ0) is 18.0. The molecule has 0 N–H and O–H groups in total. The Balaban J connectivity index is 0.000000252. The summed E-state index contributed by atoms with van der Waals surface area (Å²) in [5, 5.41) is 0. The fourth-order valence-electron chi connectivity index (χ4n) is 2.07. The van der Waals surface area contributed by atoms with Crippen LogP contribution < -0.4 is 0 Å². The van der Waals surface area contributed by atoms with Crippen molar-refractivity contribution >= 4 is 0 Å². The molecular weight excluding hydrogens is 328 g/mol. The van der Waals surface area contributed by atoms with Gasteiger partial charge in [0.05, 0.1) is 52.9 Å². The Morgan fingerprint density at radius 2 is 1.16 bits per heavy atom. The van der Waals surface area contributed by atoms with Crippen molar-refractivity contribution in [3.63, 3.8) is 0 Å². The average Bonchev–Trinajstić information content (AvgIpc) is 2.66. The minimum absolute atomic E-state index is 0.305. The summed E-state index contributed by atoms with van der Waals surface area (Å²) in [6.45, 7) is 11.0. The second-order valence-electron chi connectivity index (χ2n) is 5.82. The van der Waals surface area contributed by atoms with Crippen molar-refractivity contribution in [1.29, 1.82) is 0 Å². The molecule has 7 nitrogen and oxygen atoms in total. The van der Waals surface area contributed by atoms with Crippen LogP contribution in [0.15, 0.2) is 0 Å². The molecule has 0 radical (unpaired) electrons. The van der Waals surface area contributed by atoms with Crippen molar-refractivity contribution in [2.45, 2.75) is 52.1 Å². The molecule has 0 aromatic rings. The highest BCUT2D eigenvalue weighted by Gasteiger charge is 2.22. The first-order chi connectivity index (χ1) is 12.4. The van der Waals surface area contributed by atoms with Crippen LogP contribution in [-0.4, -0.2) is 78.6 Å². The standard InChI is InChI=1S/C10H22O2.C8H14O5/c1-3-5-7-11-9-10-12-8-6-4-2;1-3-11-7(5-9-1)13-8-6-10-2-4-12-8/h3-10H2,1-2H3;7-8H,1-6H2. The van der Waals surface area contributed by atoms with Crippen LogP contribution in [0.3, 0.4) is 0 Å². The minimum Gasteiger partial charge on any atom is -0.379 e. The van der Waals surface area contributed by atoms with E-state index in [9.17, 15) is 0 Å². The van der Waals surface area contributed by atoms with Gasteiger partial charge in [-0.05, 0) is 12.8 Å². The van der Waals surface area contributed by atoms with Crippen LogP contribution in [0.25, 0.3) is 0 Å². The molecule has 2 aliphatic rings. The normalized spacial score (nSPS) is 23.8. The molecule has 150 valence electrons. The number of unbranched alkanes of at least 4 members (excludes halogenated alkanes) is 2. The van der Waals surface area contributed by atoms with Gasteiger partial charge in [-0.2, -0.15) is 0 Å². The Bertz CT molecular complexity index is 240. The number of hydrogen-bond acceptors (Lipinski definition) is 7. The maximum Gasteiger partial charge on any atom is 0.184 e. The molecule has 0 amide bonds. The molecule has 2 saturated heterocycles. The summed E-state index contributed by atoms with van der Waals surface area (Å²) < 4.78 is 37.0. The average molecular weight is 364 g/mol. The lowest BCUT2D eigenvalue weighted by atomic mass is 10.4. The molecule has 2 unspecified atom stereocenters. The van der Waals surface area contributed by atoms with Crippen molar-refractivity contribution in [3.05, 3.63) is 0 Å². The summed E-state index contributed by atoms with van der Waals surface area (Å²) in [6.07, 6.45) is 4.12. The number of rotatable bonds is 11. The van der Waals surface area contributed by atoms with E-state index < -0.39 is 0 Å². The molecule has 2 aliphatic heterocycles. The van der Waals surface area contributed by atoms with E-state index in [1.54, 1.807) is 0 Å². The molecule has 2 atom stereocenters. The second-order valence-corrected chi connectivity index (χ2v) is 5.82. The number of ether oxygens (including phenoxy) is 7. The van der Waals surface area contributed by atoms with E-state index in [2.05, 4.69) is 13.8 Å². The van der Waals surface area contributed by atoms with Crippen LogP contribution in [0.4, 0.5) is 0 Å². The Morgan fingerprint density at radius 1 is 0.680 bits per heavy atom. The van der Waals surface area contributed by atoms with Gasteiger partial charge in [0.1, 0.15) is 0 Å². The summed E-state index contributed by atoms with van der Waals surface area (Å²) in [6, 6.07) is 0. The van der Waals surface area contributed by atoms with Gasteiger partial charge in [-0.25, -0.2) is 0 Å². The van der Waals surface area contributed by atoms with Crippen LogP contribution in [-0.2, 0) is 33.2 Å². The summed E-state index contributed by atoms with van der Waals surface area (Å²) in [4.78, 5) is 0. The van der Waals surface area contributed by atoms with Crippen LogP contribution in [0.1, 0.15) is 39.5 Å². The molecule has 0 aromatic heterocycles. The van der Waals surface area contributed by atoms with E-state index in [-0.39, 0.29) is 12.6 Å². The first-order valence-electron chi connectivity index (χ1n) is 9.56. The van der Waals surface area contributed by atoms with Gasteiger partial charge >= 0.3 is 0 Å². The molecule has 0 aliphatic carbocycles. The predicted octanol–water partition coefficient (Wildman–Crippen LogP) is 2.37. The van der Waals surface area contributed by atoms with Gasteiger partial charge in [-0.15, -0.1) is 0 Å². The molecule has 0 aromatic carbocycles. The summed E-state index contributed by atoms with van der Waals surface area (Å²) >= 11 is 0.